The van der Waals surface area contributed by atoms with Crippen LogP contribution in [-0.2, 0) is 9.53 Å². The molecule has 0 radical (unpaired) electrons. The molecule has 0 bridgehead atoms. The predicted octanol–water partition coefficient (Wildman–Crippen LogP) is 2.87. The predicted molar refractivity (Wildman–Crippen MR) is 103 cm³/mol. The molecule has 2 amide bonds. The summed E-state index contributed by atoms with van der Waals surface area (Å²) in [4.78, 5) is 26.2. The van der Waals surface area contributed by atoms with Crippen LogP contribution in [0.25, 0.3) is 0 Å². The molecule has 0 unspecified atom stereocenters. The largest absolute Gasteiger partial charge is 0.382 e. The molecule has 2 N–H and O–H groups in total. The quantitative estimate of drug-likeness (QED) is 0.465. The summed E-state index contributed by atoms with van der Waals surface area (Å²) in [7, 11) is 3.75. The van der Waals surface area contributed by atoms with Crippen molar-refractivity contribution >= 4 is 34.8 Å². The van der Waals surface area contributed by atoms with Gasteiger partial charge in [-0.05, 0) is 38.0 Å². The highest BCUT2D eigenvalue weighted by molar-refractivity contribution is 6.18. The minimum Gasteiger partial charge on any atom is -0.382 e. The van der Waals surface area contributed by atoms with Gasteiger partial charge >= 0.3 is 0 Å². The standard InChI is InChI=1S/C18H28ClN3O3/c1-4-25-12-6-11-20-18(24)15-13-14(8-9-16(15)22(2)3)21-17(23)7-5-10-19/h8-9,13H,4-7,10-12H2,1-3H3,(H,20,24)(H,21,23). The normalized spacial score (nSPS) is 10.4. The minimum atomic E-state index is -0.169. The summed E-state index contributed by atoms with van der Waals surface area (Å²) in [5.41, 5.74) is 1.92. The molecule has 0 saturated carbocycles. The van der Waals surface area contributed by atoms with E-state index in [0.29, 0.717) is 49.7 Å². The van der Waals surface area contributed by atoms with Crippen LogP contribution in [0, 0.1) is 0 Å². The third-order valence-corrected chi connectivity index (χ3v) is 3.77. The highest BCUT2D eigenvalue weighted by atomic mass is 35.5. The lowest BCUT2D eigenvalue weighted by atomic mass is 10.1. The molecule has 1 aromatic rings. The fourth-order valence-corrected chi connectivity index (χ4v) is 2.39. The van der Waals surface area contributed by atoms with Crippen LogP contribution in [0.1, 0.15) is 36.5 Å². The SMILES string of the molecule is CCOCCCNC(=O)c1cc(NC(=O)CCCCl)ccc1N(C)C. The van der Waals surface area contributed by atoms with E-state index in [2.05, 4.69) is 10.6 Å². The van der Waals surface area contributed by atoms with Crippen molar-refractivity contribution in [1.82, 2.24) is 5.32 Å². The molecule has 0 saturated heterocycles. The number of alkyl halides is 1. The summed E-state index contributed by atoms with van der Waals surface area (Å²) in [6.45, 7) is 3.77. The third kappa shape index (κ3) is 7.75. The van der Waals surface area contributed by atoms with Crippen molar-refractivity contribution in [2.24, 2.45) is 0 Å². The Morgan fingerprint density at radius 3 is 2.64 bits per heavy atom. The molecular formula is C18H28ClN3O3. The average molecular weight is 370 g/mol. The molecule has 0 aromatic heterocycles. The minimum absolute atomic E-state index is 0.110. The second-order valence-corrected chi connectivity index (χ2v) is 6.15. The number of carbonyl (C=O) groups excluding carboxylic acids is 2. The number of nitrogens with one attached hydrogen (secondary N) is 2. The molecule has 0 atom stereocenters. The Labute approximate surface area is 154 Å². The summed E-state index contributed by atoms with van der Waals surface area (Å²) < 4.78 is 5.26. The van der Waals surface area contributed by atoms with Crippen LogP contribution in [-0.4, -0.2) is 51.5 Å². The third-order valence-electron chi connectivity index (χ3n) is 3.50. The number of benzene rings is 1. The van der Waals surface area contributed by atoms with Gasteiger partial charge in [0.05, 0.1) is 5.56 Å². The number of amides is 2. The van der Waals surface area contributed by atoms with E-state index >= 15 is 0 Å². The van der Waals surface area contributed by atoms with Crippen molar-refractivity contribution in [3.8, 4) is 0 Å². The van der Waals surface area contributed by atoms with Crippen LogP contribution in [0.4, 0.5) is 11.4 Å². The zero-order chi connectivity index (χ0) is 18.7. The molecule has 0 spiro atoms. The lowest BCUT2D eigenvalue weighted by Crippen LogP contribution is -2.27. The number of anilines is 2. The number of halogens is 1. The van der Waals surface area contributed by atoms with Crippen LogP contribution >= 0.6 is 11.6 Å². The Kier molecular flexibility index (Phi) is 9.96. The first-order valence-electron chi connectivity index (χ1n) is 8.52. The Hall–Kier alpha value is -1.79. The van der Waals surface area contributed by atoms with E-state index in [4.69, 9.17) is 16.3 Å². The van der Waals surface area contributed by atoms with Crippen LogP contribution < -0.4 is 15.5 Å². The van der Waals surface area contributed by atoms with Gasteiger partial charge in [0, 0.05) is 57.5 Å². The van der Waals surface area contributed by atoms with Crippen LogP contribution in [0.5, 0.6) is 0 Å². The molecule has 0 aliphatic carbocycles. The Bertz CT molecular complexity index is 564. The fraction of sp³-hybridized carbons (Fsp3) is 0.556. The van der Waals surface area contributed by atoms with Gasteiger partial charge in [0.1, 0.15) is 0 Å². The molecule has 1 rings (SSSR count). The van der Waals surface area contributed by atoms with Gasteiger partial charge in [-0.3, -0.25) is 9.59 Å². The Morgan fingerprint density at radius 2 is 2.00 bits per heavy atom. The van der Waals surface area contributed by atoms with Gasteiger partial charge in [-0.1, -0.05) is 0 Å². The molecule has 0 aliphatic heterocycles. The topological polar surface area (TPSA) is 70.7 Å². The highest BCUT2D eigenvalue weighted by Gasteiger charge is 2.14. The average Bonchev–Trinajstić information content (AvgIpc) is 2.59. The van der Waals surface area contributed by atoms with Gasteiger partial charge in [0.2, 0.25) is 5.91 Å². The molecule has 1 aromatic carbocycles. The van der Waals surface area contributed by atoms with E-state index in [1.807, 2.05) is 32.0 Å². The van der Waals surface area contributed by atoms with Crippen molar-refractivity contribution in [2.45, 2.75) is 26.2 Å². The Balaban J connectivity index is 2.78. The van der Waals surface area contributed by atoms with Gasteiger partial charge in [0.25, 0.3) is 5.91 Å². The van der Waals surface area contributed by atoms with Crippen molar-refractivity contribution in [2.75, 3.05) is 50.0 Å². The molecule has 7 heteroatoms. The van der Waals surface area contributed by atoms with E-state index in [9.17, 15) is 9.59 Å². The lowest BCUT2D eigenvalue weighted by Gasteiger charge is -2.18. The van der Waals surface area contributed by atoms with Crippen molar-refractivity contribution in [3.63, 3.8) is 0 Å². The molecule has 6 nitrogen and oxygen atoms in total. The molecule has 0 heterocycles. The number of carbonyl (C=O) groups is 2. The van der Waals surface area contributed by atoms with E-state index in [1.54, 1.807) is 12.1 Å². The van der Waals surface area contributed by atoms with Crippen LogP contribution in [0.2, 0.25) is 0 Å². The van der Waals surface area contributed by atoms with Crippen molar-refractivity contribution in [3.05, 3.63) is 23.8 Å². The van der Waals surface area contributed by atoms with Gasteiger partial charge in [0.15, 0.2) is 0 Å². The van der Waals surface area contributed by atoms with Gasteiger partial charge < -0.3 is 20.3 Å². The number of ether oxygens (including phenoxy) is 1. The van der Waals surface area contributed by atoms with Gasteiger partial charge in [-0.15, -0.1) is 11.6 Å². The number of hydrogen-bond acceptors (Lipinski definition) is 4. The van der Waals surface area contributed by atoms with E-state index < -0.39 is 0 Å². The molecule has 0 aliphatic rings. The maximum Gasteiger partial charge on any atom is 0.253 e. The number of rotatable bonds is 11. The number of nitrogens with zero attached hydrogens (tertiary/aromatic N) is 1. The summed E-state index contributed by atoms with van der Waals surface area (Å²) >= 11 is 5.60. The Morgan fingerprint density at radius 1 is 1.24 bits per heavy atom. The lowest BCUT2D eigenvalue weighted by molar-refractivity contribution is -0.116. The molecule has 25 heavy (non-hydrogen) atoms. The van der Waals surface area contributed by atoms with Crippen molar-refractivity contribution in [1.29, 1.82) is 0 Å². The maximum atomic E-state index is 12.5. The zero-order valence-electron chi connectivity index (χ0n) is 15.2. The second-order valence-electron chi connectivity index (χ2n) is 5.77. The van der Waals surface area contributed by atoms with Crippen LogP contribution in [0.3, 0.4) is 0 Å². The van der Waals surface area contributed by atoms with Crippen molar-refractivity contribution < 1.29 is 14.3 Å². The van der Waals surface area contributed by atoms with E-state index in [0.717, 1.165) is 12.1 Å². The molecule has 0 fully saturated rings. The second kappa shape index (κ2) is 11.7. The highest BCUT2D eigenvalue weighted by Crippen LogP contribution is 2.23. The summed E-state index contributed by atoms with van der Waals surface area (Å²) in [6.07, 6.45) is 1.74. The first kappa shape index (κ1) is 21.3. The van der Waals surface area contributed by atoms with Gasteiger partial charge in [-0.2, -0.15) is 0 Å². The fourth-order valence-electron chi connectivity index (χ4n) is 2.25. The monoisotopic (exact) mass is 369 g/mol. The first-order valence-corrected chi connectivity index (χ1v) is 9.06. The molecule has 140 valence electrons. The summed E-state index contributed by atoms with van der Waals surface area (Å²) in [6, 6.07) is 5.32. The van der Waals surface area contributed by atoms with Crippen LogP contribution in [0.15, 0.2) is 18.2 Å². The maximum absolute atomic E-state index is 12.5. The van der Waals surface area contributed by atoms with E-state index in [1.165, 1.54) is 0 Å². The summed E-state index contributed by atoms with van der Waals surface area (Å²) in [5.74, 6) is 0.168. The number of hydrogen-bond donors (Lipinski definition) is 2. The summed E-state index contributed by atoms with van der Waals surface area (Å²) in [5, 5.41) is 5.70. The molecular weight excluding hydrogens is 342 g/mol. The smallest absolute Gasteiger partial charge is 0.253 e. The first-order chi connectivity index (χ1) is 12.0. The van der Waals surface area contributed by atoms with Gasteiger partial charge in [-0.25, -0.2) is 0 Å². The zero-order valence-corrected chi connectivity index (χ0v) is 16.0. The van der Waals surface area contributed by atoms with E-state index in [-0.39, 0.29) is 11.8 Å².